The molecule has 5 aliphatic rings. The number of aromatic hydroxyl groups is 25. The summed E-state index contributed by atoms with van der Waals surface area (Å²) in [7, 11) is 0. The maximum Gasteiger partial charge on any atom is 0.343 e. The van der Waals surface area contributed by atoms with E-state index in [2.05, 4.69) is 0 Å². The van der Waals surface area contributed by atoms with Crippen molar-refractivity contribution in [2.45, 2.75) is 49.2 Å². The van der Waals surface area contributed by atoms with Crippen molar-refractivity contribution in [2.24, 2.45) is 0 Å². The molecule has 0 spiro atoms. The van der Waals surface area contributed by atoms with E-state index in [1.165, 1.54) is 0 Å². The van der Waals surface area contributed by atoms with Gasteiger partial charge in [-0.05, 0) is 60.7 Å². The van der Waals surface area contributed by atoms with E-state index in [-0.39, 0.29) is 48.9 Å². The normalized spacial score (nSPS) is 18.6. The standard InChI is InChI=1S/C82H54O52/c83-14-36-67-64(109)70(132-80(121)23-12-31(90)53(98)59(104)43(23)41-21(78(119)130-67)10-29(88)51(96)57(41)102)82(129-36)134-74(115)17-4-32(91)65-34(6-17)127-66-35(126-65)13-24-44(61(66)106)39-19(8-27(86)49(94)55(39)100)76(117)124-15-37-68(131-79(120)22-11-30(89)52(97)58(103)42(22)40-20(77(118)128-37)9-28(87)50(95)56(40)101)81(123-2-1-122-75(24)116)133-73(114)16-3-25(84)47(92)33(5-16)125-69-46(72(112)113)45(60(105)62(107)63(69)108)38-18(71(110)111)7-26(85)48(93)54(38)99/h1-13,36-37,64,67-68,70,81-109H,14-15H2,(H,110,111)(H,112,113)/b2-1+. The second-order valence-corrected chi connectivity index (χ2v) is 28.6. The van der Waals surface area contributed by atoms with Gasteiger partial charge >= 0.3 is 59.7 Å². The van der Waals surface area contributed by atoms with Gasteiger partial charge in [-0.1, -0.05) is 0 Å². The molecule has 0 aliphatic carbocycles. The van der Waals surface area contributed by atoms with E-state index < -0.39 is 400 Å². The van der Waals surface area contributed by atoms with E-state index in [1.807, 2.05) is 0 Å². The van der Waals surface area contributed by atoms with Gasteiger partial charge in [0.15, 0.2) is 133 Å². The second-order valence-electron chi connectivity index (χ2n) is 28.6. The summed E-state index contributed by atoms with van der Waals surface area (Å²) in [5.74, 6) is -66.2. The lowest BCUT2D eigenvalue weighted by Gasteiger charge is -2.42. The Bertz CT molecular complexity index is 6960. The van der Waals surface area contributed by atoms with Gasteiger partial charge in [-0.25, -0.2) is 47.9 Å². The Morgan fingerprint density at radius 2 is 0.746 bits per heavy atom. The van der Waals surface area contributed by atoms with Crippen molar-refractivity contribution in [1.82, 2.24) is 0 Å². The van der Waals surface area contributed by atoms with Crippen LogP contribution in [0.5, 0.6) is 178 Å². The Balaban J connectivity index is 0.819. The number of fused-ring (bicyclic) bond motifs is 14. The fraction of sp³-hybridized carbons (Fsp3) is 0.122. The first kappa shape index (κ1) is 89.5. The van der Waals surface area contributed by atoms with Crippen molar-refractivity contribution in [3.63, 3.8) is 0 Å². The second kappa shape index (κ2) is 32.9. The molecule has 0 aromatic heterocycles. The number of aliphatic hydroxyl groups excluding tert-OH is 2. The molecule has 134 heavy (non-hydrogen) atoms. The molecule has 52 nitrogen and oxygen atoms in total. The molecule has 29 N–H and O–H groups in total. The van der Waals surface area contributed by atoms with Gasteiger partial charge in [-0.15, -0.1) is 0 Å². The van der Waals surface area contributed by atoms with E-state index in [4.69, 9.17) is 61.6 Å². The van der Waals surface area contributed by atoms with E-state index in [9.17, 15) is 182 Å². The van der Waals surface area contributed by atoms with Crippen molar-refractivity contribution in [1.29, 1.82) is 0 Å². The molecule has 8 atom stereocenters. The topological polar surface area (TPSA) is 877 Å². The number of ether oxygens (including phenoxy) is 13. The van der Waals surface area contributed by atoms with Crippen LogP contribution in [0.4, 0.5) is 0 Å². The highest BCUT2D eigenvalue weighted by atomic mass is 16.7. The molecule has 0 radical (unpaired) electrons. The number of carboxylic acid groups (broad SMARTS) is 2. The molecule has 0 amide bonds. The van der Waals surface area contributed by atoms with Crippen LogP contribution in [0.15, 0.2) is 79.3 Å². The zero-order valence-electron chi connectivity index (χ0n) is 65.4. The lowest BCUT2D eigenvalue weighted by molar-refractivity contribution is -0.283. The van der Waals surface area contributed by atoms with Crippen LogP contribution in [0.25, 0.3) is 44.5 Å². The summed E-state index contributed by atoms with van der Waals surface area (Å²) in [4.78, 5) is 144. The first-order valence-electron chi connectivity index (χ1n) is 36.9. The number of benzene rings is 10. The van der Waals surface area contributed by atoms with Gasteiger partial charge in [0.05, 0.1) is 62.2 Å². The van der Waals surface area contributed by atoms with Crippen molar-refractivity contribution in [3.8, 4) is 223 Å². The molecule has 1 fully saturated rings. The summed E-state index contributed by atoms with van der Waals surface area (Å²) in [5, 5.41) is 320. The van der Waals surface area contributed by atoms with Crippen LogP contribution in [-0.4, -0.2) is 270 Å². The lowest BCUT2D eigenvalue weighted by Crippen LogP contribution is -2.61. The summed E-state index contributed by atoms with van der Waals surface area (Å²) in [6, 6.07) is 3.82. The van der Waals surface area contributed by atoms with Crippen LogP contribution >= 0.6 is 0 Å². The Kier molecular flexibility index (Phi) is 22.0. The number of phenolic OH excluding ortho intramolecular Hbond substituents is 25. The summed E-state index contributed by atoms with van der Waals surface area (Å²) >= 11 is 0. The van der Waals surface area contributed by atoms with Gasteiger partial charge in [0.25, 0.3) is 6.29 Å². The SMILES string of the molecule is O=C(OC1O/C=C/OC(=O)c2cc3c(c(O)c2-c2c(cc(O)c(O)c2O)C(=O)OCC2OC(=O)c4cc(O)c(O)c(O)c4-c4c(cc(O)c(O)c4O)C(=O)OC21)Oc1cc(C(=O)OC2OC(CO)C4OC(=O)c5cc(O)c(O)c(O)c5-c5c(cc(O)c(O)c5O)C(=O)OC2C4O)cc(O)c1O3)c1cc(O)c(O)c(Oc2c(O)c(O)c(O)c(-c3c(C(=O)O)cc(O)c(O)c3O)c2C(=O)O)c1. The average molecular weight is 1870 g/mol. The third-order valence-electron chi connectivity index (χ3n) is 20.8. The number of aromatic carboxylic acids is 2. The number of carbonyl (C=O) groups is 10. The van der Waals surface area contributed by atoms with Crippen LogP contribution < -0.4 is 14.2 Å². The average Bonchev–Trinajstić information content (AvgIpc) is 1.17. The first-order valence-corrected chi connectivity index (χ1v) is 36.9. The molecule has 10 aromatic rings. The van der Waals surface area contributed by atoms with Gasteiger partial charge in [-0.2, -0.15) is 0 Å². The maximum atomic E-state index is 15.2. The number of phenols is 25. The van der Waals surface area contributed by atoms with Crippen LogP contribution in [0.1, 0.15) is 104 Å². The Hall–Kier alpha value is -19.3. The van der Waals surface area contributed by atoms with Crippen molar-refractivity contribution in [3.05, 3.63) is 135 Å². The fourth-order valence-corrected chi connectivity index (χ4v) is 14.5. The first-order chi connectivity index (χ1) is 63.2. The Morgan fingerprint density at radius 1 is 0.351 bits per heavy atom. The summed E-state index contributed by atoms with van der Waals surface area (Å²) in [6.45, 7) is -3.14. The Morgan fingerprint density at radius 3 is 1.23 bits per heavy atom. The molecule has 1 saturated heterocycles. The molecule has 8 unspecified atom stereocenters. The number of rotatable bonds is 10. The van der Waals surface area contributed by atoms with Gasteiger partial charge in [-0.3, -0.25) is 0 Å². The van der Waals surface area contributed by atoms with Crippen molar-refractivity contribution < 1.29 is 258 Å². The molecular weight excluding hydrogens is 1820 g/mol. The third-order valence-corrected chi connectivity index (χ3v) is 20.8. The van der Waals surface area contributed by atoms with E-state index in [0.717, 1.165) is 0 Å². The molecule has 694 valence electrons. The molecule has 10 aromatic carbocycles. The minimum Gasteiger partial charge on any atom is -0.504 e. The fourth-order valence-electron chi connectivity index (χ4n) is 14.5. The van der Waals surface area contributed by atoms with Gasteiger partial charge < -0.3 is 210 Å². The van der Waals surface area contributed by atoms with Gasteiger partial charge in [0.1, 0.15) is 36.9 Å². The lowest BCUT2D eigenvalue weighted by atomic mass is 9.91. The number of cyclic esters (lactones) is 2. The summed E-state index contributed by atoms with van der Waals surface area (Å²) < 4.78 is 72.9. The number of hydrogen-bond donors (Lipinski definition) is 29. The predicted octanol–water partition coefficient (Wildman–Crippen LogP) is 4.84. The smallest absolute Gasteiger partial charge is 0.343 e. The Labute approximate surface area is 734 Å². The van der Waals surface area contributed by atoms with Crippen molar-refractivity contribution >= 4 is 59.7 Å². The zero-order chi connectivity index (χ0) is 97.5. The summed E-state index contributed by atoms with van der Waals surface area (Å²) in [5.41, 5.74) is -23.3. The summed E-state index contributed by atoms with van der Waals surface area (Å²) in [6.07, 6.45) is -20.7. The van der Waals surface area contributed by atoms with E-state index in [0.29, 0.717) is 30.3 Å². The molecule has 15 rings (SSSR count). The van der Waals surface area contributed by atoms with Gasteiger partial charge in [0.2, 0.25) is 75.6 Å². The molecular formula is C82H54O52. The number of hydrogen-bond acceptors (Lipinski definition) is 50. The highest BCUT2D eigenvalue weighted by Gasteiger charge is 2.54. The minimum absolute atomic E-state index is 0.130. The maximum absolute atomic E-state index is 15.2. The number of aliphatic hydroxyl groups is 2. The molecule has 52 heteroatoms. The largest absolute Gasteiger partial charge is 0.504 e. The van der Waals surface area contributed by atoms with Crippen LogP contribution in [0.3, 0.4) is 0 Å². The number of esters is 8. The molecule has 0 saturated carbocycles. The monoisotopic (exact) mass is 1870 g/mol. The van der Waals surface area contributed by atoms with Crippen LogP contribution in [0.2, 0.25) is 0 Å². The quantitative estimate of drug-likeness (QED) is 0.0494. The molecule has 5 aliphatic heterocycles. The van der Waals surface area contributed by atoms with Crippen LogP contribution in [-0.2, 0) is 47.4 Å². The number of carboxylic acids is 2. The highest BCUT2D eigenvalue weighted by molar-refractivity contribution is 6.14. The third kappa shape index (κ3) is 14.6. The van der Waals surface area contributed by atoms with E-state index >= 15 is 14.4 Å². The zero-order valence-corrected chi connectivity index (χ0v) is 65.4. The number of carbonyl (C=O) groups excluding carboxylic acids is 8. The minimum atomic E-state index is -3.12. The van der Waals surface area contributed by atoms with E-state index in [1.54, 1.807) is 0 Å². The molecule has 5 heterocycles. The van der Waals surface area contributed by atoms with Gasteiger partial charge in [0, 0.05) is 45.0 Å². The predicted molar refractivity (Wildman–Crippen MR) is 415 cm³/mol. The highest BCUT2D eigenvalue weighted by Crippen LogP contribution is 2.63. The van der Waals surface area contributed by atoms with Crippen LogP contribution in [0, 0.1) is 0 Å². The molecule has 2 bridgehead atoms. The van der Waals surface area contributed by atoms with Crippen molar-refractivity contribution in [2.75, 3.05) is 13.2 Å².